The van der Waals surface area contributed by atoms with Crippen LogP contribution in [0.1, 0.15) is 20.3 Å². The van der Waals surface area contributed by atoms with E-state index in [9.17, 15) is 4.79 Å². The predicted molar refractivity (Wildman–Crippen MR) is 78.3 cm³/mol. The van der Waals surface area contributed by atoms with Crippen molar-refractivity contribution in [2.24, 2.45) is 0 Å². The summed E-state index contributed by atoms with van der Waals surface area (Å²) in [6, 6.07) is 4.16. The second-order valence-corrected chi connectivity index (χ2v) is 6.00. The third-order valence-electron chi connectivity index (χ3n) is 2.57. The van der Waals surface area contributed by atoms with Gasteiger partial charge in [-0.2, -0.15) is 0 Å². The number of thiophene rings is 1. The predicted octanol–water partition coefficient (Wildman–Crippen LogP) is 2.54. The van der Waals surface area contributed by atoms with Crippen LogP contribution in [-0.2, 0) is 4.79 Å². The van der Waals surface area contributed by atoms with Gasteiger partial charge in [-0.15, -0.1) is 16.4 Å². The fourth-order valence-electron chi connectivity index (χ4n) is 1.38. The van der Waals surface area contributed by atoms with Gasteiger partial charge in [-0.3, -0.25) is 9.89 Å². The minimum Gasteiger partial charge on any atom is -0.353 e. The van der Waals surface area contributed by atoms with Crippen molar-refractivity contribution in [1.29, 1.82) is 0 Å². The molecule has 0 aliphatic carbocycles. The largest absolute Gasteiger partial charge is 0.353 e. The van der Waals surface area contributed by atoms with Crippen LogP contribution in [0.5, 0.6) is 0 Å². The minimum atomic E-state index is 0.0156. The van der Waals surface area contributed by atoms with Crippen LogP contribution in [-0.4, -0.2) is 32.9 Å². The van der Waals surface area contributed by atoms with E-state index in [0.29, 0.717) is 10.9 Å². The number of H-pyrrole nitrogens is 1. The molecule has 0 radical (unpaired) electrons. The first-order valence-corrected chi connectivity index (χ1v) is 7.94. The van der Waals surface area contributed by atoms with Gasteiger partial charge in [0.1, 0.15) is 0 Å². The van der Waals surface area contributed by atoms with Crippen LogP contribution in [0.4, 0.5) is 0 Å². The van der Waals surface area contributed by atoms with Gasteiger partial charge in [-0.1, -0.05) is 24.8 Å². The number of carbonyl (C=O) groups is 1. The first-order chi connectivity index (χ1) is 9.19. The summed E-state index contributed by atoms with van der Waals surface area (Å²) in [5.41, 5.74) is 0. The average Bonchev–Trinajstić information content (AvgIpc) is 3.06. The fourth-order valence-corrected chi connectivity index (χ4v) is 2.66. The summed E-state index contributed by atoms with van der Waals surface area (Å²) in [7, 11) is 0. The molecule has 0 saturated heterocycles. The number of aromatic amines is 1. The summed E-state index contributed by atoms with van der Waals surface area (Å²) in [4.78, 5) is 17.0. The van der Waals surface area contributed by atoms with Crippen LogP contribution < -0.4 is 5.32 Å². The highest BCUT2D eigenvalue weighted by Crippen LogP contribution is 2.22. The molecule has 1 amide bonds. The second-order valence-electron chi connectivity index (χ2n) is 4.11. The van der Waals surface area contributed by atoms with Gasteiger partial charge in [-0.05, 0) is 24.8 Å². The number of thioether (sulfide) groups is 1. The molecular weight excluding hydrogens is 280 g/mol. The molecule has 102 valence electrons. The van der Waals surface area contributed by atoms with Crippen molar-refractivity contribution in [3.05, 3.63) is 17.5 Å². The van der Waals surface area contributed by atoms with Crippen molar-refractivity contribution in [1.82, 2.24) is 20.5 Å². The SMILES string of the molecule is CC[C@@H](C)NC(=O)CSc1n[nH]c(-c2cccs2)n1. The molecule has 0 aliphatic rings. The monoisotopic (exact) mass is 296 g/mol. The Bertz CT molecular complexity index is 524. The maximum Gasteiger partial charge on any atom is 0.230 e. The zero-order valence-electron chi connectivity index (χ0n) is 10.8. The highest BCUT2D eigenvalue weighted by molar-refractivity contribution is 7.99. The lowest BCUT2D eigenvalue weighted by atomic mass is 10.3. The molecule has 0 spiro atoms. The molecule has 0 aliphatic heterocycles. The maximum absolute atomic E-state index is 11.6. The standard InChI is InChI=1S/C12H16N4OS2/c1-3-8(2)13-10(17)7-19-12-14-11(15-16-12)9-5-4-6-18-9/h4-6,8H,3,7H2,1-2H3,(H,13,17)(H,14,15,16)/t8-/m1/s1. The van der Waals surface area contributed by atoms with Gasteiger partial charge in [0.25, 0.3) is 0 Å². The number of carbonyl (C=O) groups excluding carboxylic acids is 1. The van der Waals surface area contributed by atoms with E-state index >= 15 is 0 Å². The van der Waals surface area contributed by atoms with E-state index in [4.69, 9.17) is 0 Å². The molecule has 2 aromatic rings. The van der Waals surface area contributed by atoms with Crippen LogP contribution >= 0.6 is 23.1 Å². The normalized spacial score (nSPS) is 12.3. The molecule has 0 saturated carbocycles. The van der Waals surface area contributed by atoms with E-state index in [0.717, 1.165) is 17.1 Å². The van der Waals surface area contributed by atoms with Crippen LogP contribution in [0.2, 0.25) is 0 Å². The van der Waals surface area contributed by atoms with Crippen molar-refractivity contribution in [2.75, 3.05) is 5.75 Å². The minimum absolute atomic E-state index is 0.0156. The molecule has 2 aromatic heterocycles. The summed E-state index contributed by atoms with van der Waals surface area (Å²) in [6.45, 7) is 4.03. The van der Waals surface area contributed by atoms with Gasteiger partial charge in [0.05, 0.1) is 10.6 Å². The van der Waals surface area contributed by atoms with Crippen molar-refractivity contribution >= 4 is 29.0 Å². The zero-order chi connectivity index (χ0) is 13.7. The molecule has 2 rings (SSSR count). The van der Waals surface area contributed by atoms with Gasteiger partial charge in [-0.25, -0.2) is 4.98 Å². The van der Waals surface area contributed by atoms with E-state index in [1.54, 1.807) is 11.3 Å². The topological polar surface area (TPSA) is 70.7 Å². The van der Waals surface area contributed by atoms with Gasteiger partial charge < -0.3 is 5.32 Å². The molecule has 5 nitrogen and oxygen atoms in total. The Balaban J connectivity index is 1.85. The molecule has 0 fully saturated rings. The van der Waals surface area contributed by atoms with Crippen molar-refractivity contribution in [3.8, 4) is 10.7 Å². The van der Waals surface area contributed by atoms with Crippen LogP contribution in [0.3, 0.4) is 0 Å². The Morgan fingerprint density at radius 2 is 2.47 bits per heavy atom. The molecule has 0 bridgehead atoms. The Labute approximate surface area is 120 Å². The maximum atomic E-state index is 11.6. The van der Waals surface area contributed by atoms with Gasteiger partial charge >= 0.3 is 0 Å². The van der Waals surface area contributed by atoms with Crippen LogP contribution in [0.25, 0.3) is 10.7 Å². The highest BCUT2D eigenvalue weighted by atomic mass is 32.2. The number of rotatable bonds is 6. The lowest BCUT2D eigenvalue weighted by Gasteiger charge is -2.09. The second kappa shape index (κ2) is 6.72. The summed E-state index contributed by atoms with van der Waals surface area (Å²) in [5.74, 6) is 1.10. The summed E-state index contributed by atoms with van der Waals surface area (Å²) < 4.78 is 0. The first kappa shape index (κ1) is 14.1. The smallest absolute Gasteiger partial charge is 0.230 e. The molecule has 2 heterocycles. The summed E-state index contributed by atoms with van der Waals surface area (Å²) in [6.07, 6.45) is 0.930. The average molecular weight is 296 g/mol. The third kappa shape index (κ3) is 4.07. The number of hydrogen-bond acceptors (Lipinski definition) is 5. The van der Waals surface area contributed by atoms with Gasteiger partial charge in [0.15, 0.2) is 5.82 Å². The molecule has 0 unspecified atom stereocenters. The van der Waals surface area contributed by atoms with E-state index < -0.39 is 0 Å². The molecule has 19 heavy (non-hydrogen) atoms. The number of aromatic nitrogens is 3. The highest BCUT2D eigenvalue weighted by Gasteiger charge is 2.10. The lowest BCUT2D eigenvalue weighted by molar-refractivity contribution is -0.119. The Hall–Kier alpha value is -1.34. The first-order valence-electron chi connectivity index (χ1n) is 6.07. The Morgan fingerprint density at radius 3 is 3.16 bits per heavy atom. The lowest BCUT2D eigenvalue weighted by Crippen LogP contribution is -2.33. The zero-order valence-corrected chi connectivity index (χ0v) is 12.5. The van der Waals surface area contributed by atoms with Gasteiger partial charge in [0, 0.05) is 6.04 Å². The van der Waals surface area contributed by atoms with Crippen molar-refractivity contribution in [2.45, 2.75) is 31.5 Å². The fraction of sp³-hybridized carbons (Fsp3) is 0.417. The number of hydrogen-bond donors (Lipinski definition) is 2. The third-order valence-corrected chi connectivity index (χ3v) is 4.30. The summed E-state index contributed by atoms with van der Waals surface area (Å²) >= 11 is 2.94. The summed E-state index contributed by atoms with van der Waals surface area (Å²) in [5, 5.41) is 12.5. The van der Waals surface area contributed by atoms with E-state index in [-0.39, 0.29) is 11.9 Å². The van der Waals surface area contributed by atoms with Crippen molar-refractivity contribution < 1.29 is 4.79 Å². The van der Waals surface area contributed by atoms with Crippen molar-refractivity contribution in [3.63, 3.8) is 0 Å². The molecule has 7 heteroatoms. The van der Waals surface area contributed by atoms with Crippen LogP contribution in [0.15, 0.2) is 22.7 Å². The molecule has 0 aromatic carbocycles. The number of amides is 1. The molecule has 2 N–H and O–H groups in total. The Kier molecular flexibility index (Phi) is 4.98. The van der Waals surface area contributed by atoms with E-state index in [1.807, 2.05) is 31.4 Å². The van der Waals surface area contributed by atoms with E-state index in [1.165, 1.54) is 11.8 Å². The number of nitrogens with one attached hydrogen (secondary N) is 2. The Morgan fingerprint density at radius 1 is 1.63 bits per heavy atom. The van der Waals surface area contributed by atoms with E-state index in [2.05, 4.69) is 20.5 Å². The van der Waals surface area contributed by atoms with Gasteiger partial charge in [0.2, 0.25) is 11.1 Å². The molecule has 1 atom stereocenters. The number of nitrogens with zero attached hydrogens (tertiary/aromatic N) is 2. The quantitative estimate of drug-likeness (QED) is 0.804. The molecular formula is C12H16N4OS2. The van der Waals surface area contributed by atoms with Crippen LogP contribution in [0, 0.1) is 0 Å².